The lowest BCUT2D eigenvalue weighted by atomic mass is 9.88. The van der Waals surface area contributed by atoms with Gasteiger partial charge in [0.05, 0.1) is 5.92 Å². The Hall–Kier alpha value is -3.75. The van der Waals surface area contributed by atoms with Gasteiger partial charge in [0.1, 0.15) is 5.82 Å². The lowest BCUT2D eigenvalue weighted by Crippen LogP contribution is -2.44. The van der Waals surface area contributed by atoms with Crippen molar-refractivity contribution in [1.29, 1.82) is 0 Å². The van der Waals surface area contributed by atoms with E-state index in [2.05, 4.69) is 9.88 Å². The normalized spacial score (nSPS) is 19.3. The van der Waals surface area contributed by atoms with Gasteiger partial charge in [0, 0.05) is 45.1 Å². The van der Waals surface area contributed by atoms with Crippen LogP contribution in [0.2, 0.25) is 0 Å². The molecule has 3 heterocycles. The number of piperidine rings is 1. The van der Waals surface area contributed by atoms with Crippen molar-refractivity contribution in [1.82, 2.24) is 14.8 Å². The van der Waals surface area contributed by atoms with Crippen LogP contribution in [0.1, 0.15) is 17.5 Å². The molecule has 2 N–H and O–H groups in total. The number of likely N-dealkylation sites (tertiary alicyclic amines) is 2. The fourth-order valence-corrected chi connectivity index (χ4v) is 4.05. The number of carbonyl (C=O) groups is 3. The van der Waals surface area contributed by atoms with Crippen LogP contribution in [-0.2, 0) is 27.5 Å². The first-order valence-corrected chi connectivity index (χ1v) is 11.3. The minimum Gasteiger partial charge on any atom is -0.475 e. The zero-order chi connectivity index (χ0) is 29.4. The van der Waals surface area contributed by atoms with Crippen molar-refractivity contribution in [3.8, 4) is 0 Å². The summed E-state index contributed by atoms with van der Waals surface area (Å²) in [5.74, 6) is -4.93. The molecule has 0 bridgehead atoms. The van der Waals surface area contributed by atoms with Gasteiger partial charge in [-0.2, -0.15) is 26.3 Å². The van der Waals surface area contributed by atoms with Crippen LogP contribution in [0.3, 0.4) is 0 Å². The number of fused-ring (bicyclic) bond motifs is 1. The molecular formula is C24H24F7N3O5. The van der Waals surface area contributed by atoms with Crippen molar-refractivity contribution in [2.45, 2.75) is 31.9 Å². The van der Waals surface area contributed by atoms with Gasteiger partial charge < -0.3 is 15.1 Å². The van der Waals surface area contributed by atoms with Crippen LogP contribution in [0, 0.1) is 17.7 Å². The average Bonchev–Trinajstić information content (AvgIpc) is 3.26. The highest BCUT2D eigenvalue weighted by Crippen LogP contribution is 2.33. The van der Waals surface area contributed by atoms with Crippen molar-refractivity contribution in [3.05, 3.63) is 65.7 Å². The van der Waals surface area contributed by atoms with Gasteiger partial charge in [0.2, 0.25) is 5.91 Å². The van der Waals surface area contributed by atoms with E-state index in [1.165, 1.54) is 12.1 Å². The number of nitrogens with zero attached hydrogens (tertiary/aromatic N) is 3. The lowest BCUT2D eigenvalue weighted by Gasteiger charge is -2.33. The van der Waals surface area contributed by atoms with Gasteiger partial charge in [-0.25, -0.2) is 14.0 Å². The Morgan fingerprint density at radius 2 is 1.46 bits per heavy atom. The topological polar surface area (TPSA) is 111 Å². The second kappa shape index (κ2) is 13.4. The number of rotatable bonds is 4. The molecule has 2 fully saturated rings. The molecule has 2 saturated heterocycles. The Morgan fingerprint density at radius 1 is 0.897 bits per heavy atom. The average molecular weight is 567 g/mol. The predicted molar refractivity (Wildman–Crippen MR) is 120 cm³/mol. The van der Waals surface area contributed by atoms with Crippen molar-refractivity contribution in [2.75, 3.05) is 19.6 Å². The van der Waals surface area contributed by atoms with E-state index in [4.69, 9.17) is 19.8 Å². The van der Waals surface area contributed by atoms with E-state index in [1.54, 1.807) is 6.20 Å². The molecule has 0 aliphatic carbocycles. The van der Waals surface area contributed by atoms with E-state index in [1.807, 2.05) is 35.4 Å². The SMILES string of the molecule is O=C(O)C(F)(F)F.O=C(O)C(F)(F)F.O=C1[C@H]2CN(Cc3ccc(F)cc3)C[C@@H]2CCN1Cc1cccnc1. The summed E-state index contributed by atoms with van der Waals surface area (Å²) < 4.78 is 76.5. The van der Waals surface area contributed by atoms with Crippen LogP contribution in [0.25, 0.3) is 0 Å². The summed E-state index contributed by atoms with van der Waals surface area (Å²) in [7, 11) is 0. The number of hydrogen-bond donors (Lipinski definition) is 2. The van der Waals surface area contributed by atoms with Crippen LogP contribution < -0.4 is 0 Å². The fourth-order valence-electron chi connectivity index (χ4n) is 4.05. The molecule has 15 heteroatoms. The standard InChI is InChI=1S/C20H22FN3O.2C2HF3O2/c21-18-5-3-15(4-6-18)11-23-13-17-7-9-24(20(25)19(17)14-23)12-16-2-1-8-22-10-16;2*3-2(4,5)1(6)7/h1-6,8,10,17,19H,7,9,11-14H2;2*(H,6,7)/t17-,19-;;/m0../s1. The van der Waals surface area contributed by atoms with E-state index in [9.17, 15) is 35.5 Å². The zero-order valence-corrected chi connectivity index (χ0v) is 20.1. The quantitative estimate of drug-likeness (QED) is 0.538. The van der Waals surface area contributed by atoms with Crippen molar-refractivity contribution >= 4 is 17.8 Å². The van der Waals surface area contributed by atoms with E-state index >= 15 is 0 Å². The lowest BCUT2D eigenvalue weighted by molar-refractivity contribution is -0.193. The van der Waals surface area contributed by atoms with Crippen LogP contribution >= 0.6 is 0 Å². The summed E-state index contributed by atoms with van der Waals surface area (Å²) >= 11 is 0. The van der Waals surface area contributed by atoms with Gasteiger partial charge in [0.15, 0.2) is 0 Å². The smallest absolute Gasteiger partial charge is 0.475 e. The number of pyridine rings is 1. The van der Waals surface area contributed by atoms with Gasteiger partial charge in [-0.1, -0.05) is 18.2 Å². The molecule has 2 atom stereocenters. The first-order chi connectivity index (χ1) is 18.1. The number of halogens is 7. The Morgan fingerprint density at radius 3 is 1.95 bits per heavy atom. The number of aliphatic carboxylic acids is 2. The summed E-state index contributed by atoms with van der Waals surface area (Å²) in [6.45, 7) is 4.00. The molecule has 2 aliphatic rings. The number of amides is 1. The van der Waals surface area contributed by atoms with E-state index in [0.717, 1.165) is 43.7 Å². The van der Waals surface area contributed by atoms with Crippen LogP contribution in [0.4, 0.5) is 30.7 Å². The number of alkyl halides is 6. The van der Waals surface area contributed by atoms with Crippen molar-refractivity contribution in [3.63, 3.8) is 0 Å². The summed E-state index contributed by atoms with van der Waals surface area (Å²) in [4.78, 5) is 39.1. The molecule has 0 unspecified atom stereocenters. The fraction of sp³-hybridized carbons (Fsp3) is 0.417. The van der Waals surface area contributed by atoms with Crippen LogP contribution in [-0.4, -0.2) is 74.8 Å². The molecule has 214 valence electrons. The Balaban J connectivity index is 0.000000317. The minimum atomic E-state index is -5.08. The largest absolute Gasteiger partial charge is 0.490 e. The number of carbonyl (C=O) groups excluding carboxylic acids is 1. The number of aromatic nitrogens is 1. The number of carboxylic acid groups (broad SMARTS) is 2. The molecular weight excluding hydrogens is 543 g/mol. The third-order valence-electron chi connectivity index (χ3n) is 5.82. The number of hydrogen-bond acceptors (Lipinski definition) is 5. The van der Waals surface area contributed by atoms with Gasteiger partial charge in [0.25, 0.3) is 0 Å². The van der Waals surface area contributed by atoms with Gasteiger partial charge >= 0.3 is 24.3 Å². The summed E-state index contributed by atoms with van der Waals surface area (Å²) in [5, 5.41) is 14.2. The molecule has 0 spiro atoms. The third-order valence-corrected chi connectivity index (χ3v) is 5.82. The molecule has 1 aromatic carbocycles. The first-order valence-electron chi connectivity index (χ1n) is 11.3. The molecule has 1 aromatic heterocycles. The Labute approximate surface area is 217 Å². The Bertz CT molecular complexity index is 1090. The van der Waals surface area contributed by atoms with Gasteiger partial charge in [-0.3, -0.25) is 14.7 Å². The molecule has 39 heavy (non-hydrogen) atoms. The highest BCUT2D eigenvalue weighted by molar-refractivity contribution is 5.80. The predicted octanol–water partition coefficient (Wildman–Crippen LogP) is 3.97. The van der Waals surface area contributed by atoms with Gasteiger partial charge in [-0.15, -0.1) is 0 Å². The first kappa shape index (κ1) is 31.5. The van der Waals surface area contributed by atoms with Gasteiger partial charge in [-0.05, 0) is 41.7 Å². The van der Waals surface area contributed by atoms with Crippen LogP contribution in [0.15, 0.2) is 48.8 Å². The molecule has 1 amide bonds. The van der Waals surface area contributed by atoms with E-state index in [0.29, 0.717) is 12.5 Å². The second-order valence-corrected chi connectivity index (χ2v) is 8.70. The highest BCUT2D eigenvalue weighted by Gasteiger charge is 2.42. The molecule has 0 saturated carbocycles. The van der Waals surface area contributed by atoms with Crippen molar-refractivity contribution < 1.29 is 55.3 Å². The van der Waals surface area contributed by atoms with Crippen molar-refractivity contribution in [2.24, 2.45) is 11.8 Å². The molecule has 2 aliphatic heterocycles. The third kappa shape index (κ3) is 10.1. The summed E-state index contributed by atoms with van der Waals surface area (Å²) in [6, 6.07) is 10.6. The number of benzene rings is 1. The number of carboxylic acids is 2. The zero-order valence-electron chi connectivity index (χ0n) is 20.1. The molecule has 4 rings (SSSR count). The maximum Gasteiger partial charge on any atom is 0.490 e. The van der Waals surface area contributed by atoms with E-state index < -0.39 is 24.3 Å². The summed E-state index contributed by atoms with van der Waals surface area (Å²) in [6.07, 6.45) is -5.53. The highest BCUT2D eigenvalue weighted by atomic mass is 19.4. The maximum absolute atomic E-state index is 13.0. The monoisotopic (exact) mass is 567 g/mol. The molecule has 2 aromatic rings. The molecule has 8 nitrogen and oxygen atoms in total. The second-order valence-electron chi connectivity index (χ2n) is 8.70. The van der Waals surface area contributed by atoms with E-state index in [-0.39, 0.29) is 17.6 Å². The Kier molecular flexibility index (Phi) is 10.8. The summed E-state index contributed by atoms with van der Waals surface area (Å²) in [5.41, 5.74) is 2.18. The molecule has 0 radical (unpaired) electrons. The minimum absolute atomic E-state index is 0.0888. The maximum atomic E-state index is 13.0. The van der Waals surface area contributed by atoms with Crippen LogP contribution in [0.5, 0.6) is 0 Å².